The molecular formula is C18H34Cl2O6Si2. The van der Waals surface area contributed by atoms with Crippen molar-refractivity contribution in [2.24, 2.45) is 11.8 Å². The summed E-state index contributed by atoms with van der Waals surface area (Å²) in [5, 5.41) is 0. The van der Waals surface area contributed by atoms with Crippen LogP contribution in [-0.2, 0) is 26.6 Å². The van der Waals surface area contributed by atoms with Crippen LogP contribution in [0.2, 0.25) is 0 Å². The summed E-state index contributed by atoms with van der Waals surface area (Å²) in [6, 6.07) is 0. The highest BCUT2D eigenvalue weighted by molar-refractivity contribution is 6.66. The van der Waals surface area contributed by atoms with Gasteiger partial charge in [0.05, 0.1) is 0 Å². The van der Waals surface area contributed by atoms with Crippen LogP contribution in [-0.4, -0.2) is 69.0 Å². The third kappa shape index (κ3) is 9.38. The topological polar surface area (TPSA) is 55.4 Å². The summed E-state index contributed by atoms with van der Waals surface area (Å²) in [7, 11) is -5.74. The van der Waals surface area contributed by atoms with Crippen LogP contribution in [0.3, 0.4) is 0 Å². The Kier molecular flexibility index (Phi) is 13.4. The first-order valence-electron chi connectivity index (χ1n) is 9.75. The first-order valence-corrected chi connectivity index (χ1v) is 14.4. The zero-order valence-corrected chi connectivity index (χ0v) is 20.8. The summed E-state index contributed by atoms with van der Waals surface area (Å²) in [5.74, 6) is 1.22. The molecule has 0 saturated carbocycles. The van der Waals surface area contributed by atoms with Crippen molar-refractivity contribution in [2.75, 3.05) is 51.4 Å². The Balaban J connectivity index is 2.65. The summed E-state index contributed by atoms with van der Waals surface area (Å²) < 4.78 is 35.8. The lowest BCUT2D eigenvalue weighted by atomic mass is 10.2. The van der Waals surface area contributed by atoms with E-state index in [0.29, 0.717) is 57.3 Å². The Morgan fingerprint density at radius 1 is 1.04 bits per heavy atom. The van der Waals surface area contributed by atoms with Gasteiger partial charge in [0.2, 0.25) is 0 Å². The van der Waals surface area contributed by atoms with E-state index < -0.39 is 17.6 Å². The van der Waals surface area contributed by atoms with Crippen molar-refractivity contribution in [3.05, 3.63) is 23.6 Å². The fourth-order valence-corrected chi connectivity index (χ4v) is 7.69. The van der Waals surface area contributed by atoms with Crippen LogP contribution in [0.5, 0.6) is 0 Å². The molecule has 1 fully saturated rings. The van der Waals surface area contributed by atoms with Crippen LogP contribution in [0.4, 0.5) is 0 Å². The molecule has 1 saturated heterocycles. The second-order valence-electron chi connectivity index (χ2n) is 6.64. The number of halogens is 2. The van der Waals surface area contributed by atoms with E-state index in [1.807, 2.05) is 44.3 Å². The summed E-state index contributed by atoms with van der Waals surface area (Å²) in [4.78, 5) is 0. The molecule has 6 nitrogen and oxygen atoms in total. The number of rotatable bonds is 14. The molecule has 1 aliphatic heterocycles. The van der Waals surface area contributed by atoms with E-state index in [-0.39, 0.29) is 5.92 Å². The highest BCUT2D eigenvalue weighted by Gasteiger charge is 2.43. The summed E-state index contributed by atoms with van der Waals surface area (Å²) in [6.07, 6.45) is 3.63. The van der Waals surface area contributed by atoms with Crippen molar-refractivity contribution in [1.29, 1.82) is 0 Å². The van der Waals surface area contributed by atoms with Crippen molar-refractivity contribution in [1.82, 2.24) is 0 Å². The van der Waals surface area contributed by atoms with Crippen LogP contribution in [0.25, 0.3) is 0 Å². The fraction of sp³-hybridized carbons (Fsp3) is 0.778. The van der Waals surface area contributed by atoms with Gasteiger partial charge in [-0.2, -0.15) is 0 Å². The highest BCUT2D eigenvalue weighted by atomic mass is 35.5. The van der Waals surface area contributed by atoms with Gasteiger partial charge in [0.25, 0.3) is 0 Å². The van der Waals surface area contributed by atoms with E-state index in [9.17, 15) is 0 Å². The van der Waals surface area contributed by atoms with Gasteiger partial charge in [-0.15, -0.1) is 23.2 Å². The van der Waals surface area contributed by atoms with E-state index >= 15 is 0 Å². The molecule has 1 atom stereocenters. The predicted octanol–water partition coefficient (Wildman–Crippen LogP) is 3.96. The molecule has 0 aromatic carbocycles. The molecule has 1 rings (SSSR count). The molecule has 0 aromatic heterocycles. The quantitative estimate of drug-likeness (QED) is 0.281. The van der Waals surface area contributed by atoms with Crippen molar-refractivity contribution >= 4 is 40.8 Å². The van der Waals surface area contributed by atoms with Crippen LogP contribution < -0.4 is 0 Å². The zero-order valence-electron chi connectivity index (χ0n) is 17.3. The first kappa shape index (κ1) is 26.3. The highest BCUT2D eigenvalue weighted by Crippen LogP contribution is 2.22. The molecule has 0 N–H and O–H groups in total. The van der Waals surface area contributed by atoms with E-state index in [0.717, 1.165) is 0 Å². The maximum Gasteiger partial charge on any atom is 0.529 e. The van der Waals surface area contributed by atoms with Gasteiger partial charge in [0.1, 0.15) is 0 Å². The maximum absolute atomic E-state index is 6.11. The molecule has 0 bridgehead atoms. The Bertz CT molecular complexity index is 467. The van der Waals surface area contributed by atoms with E-state index in [1.165, 1.54) is 0 Å². The van der Waals surface area contributed by atoms with E-state index in [1.54, 1.807) is 0 Å². The third-order valence-corrected chi connectivity index (χ3v) is 9.09. The van der Waals surface area contributed by atoms with Crippen LogP contribution >= 0.6 is 23.2 Å². The molecule has 1 unspecified atom stereocenters. The minimum Gasteiger partial charge on any atom is -0.371 e. The molecule has 0 amide bonds. The number of alkyl halides is 2. The standard InChI is InChI=1S/C18H34Cl2O6Si2/c1-5-21-27(22-6-2,11-7-9-19)23-13-17(3)14-24-28(12-8-10-20)25-15-18(4)16-26-28/h7-8,11-12,17-18H,5-6,9-10,13-16H2,1-4H3/b11-7+,12-8+. The normalized spacial score (nSPS) is 25.0. The third-order valence-electron chi connectivity index (χ3n) is 3.79. The minimum atomic E-state index is -2.90. The average Bonchev–Trinajstić information content (AvgIpc) is 2.70. The largest absolute Gasteiger partial charge is 0.529 e. The Morgan fingerprint density at radius 3 is 2.18 bits per heavy atom. The van der Waals surface area contributed by atoms with Crippen LogP contribution in [0, 0.1) is 11.8 Å². The Hall–Kier alpha value is 0.254. The molecule has 1 heterocycles. The summed E-state index contributed by atoms with van der Waals surface area (Å²) in [6.45, 7) is 11.1. The maximum atomic E-state index is 6.11. The molecular weight excluding hydrogens is 439 g/mol. The van der Waals surface area contributed by atoms with Crippen molar-refractivity contribution in [3.8, 4) is 0 Å². The molecule has 1 aliphatic rings. The summed E-state index contributed by atoms with van der Waals surface area (Å²) >= 11 is 11.6. The van der Waals surface area contributed by atoms with Gasteiger partial charge in [-0.3, -0.25) is 0 Å². The van der Waals surface area contributed by atoms with Gasteiger partial charge in [0, 0.05) is 63.2 Å². The van der Waals surface area contributed by atoms with Crippen LogP contribution in [0.15, 0.2) is 23.6 Å². The number of hydrogen-bond acceptors (Lipinski definition) is 6. The molecule has 164 valence electrons. The van der Waals surface area contributed by atoms with Crippen LogP contribution in [0.1, 0.15) is 27.7 Å². The molecule has 0 aliphatic carbocycles. The Labute approximate surface area is 181 Å². The lowest BCUT2D eigenvalue weighted by Crippen LogP contribution is -2.51. The summed E-state index contributed by atoms with van der Waals surface area (Å²) in [5.41, 5.74) is 3.71. The van der Waals surface area contributed by atoms with Gasteiger partial charge >= 0.3 is 17.6 Å². The van der Waals surface area contributed by atoms with Gasteiger partial charge < -0.3 is 26.6 Å². The molecule has 0 radical (unpaired) electrons. The smallest absolute Gasteiger partial charge is 0.371 e. The second kappa shape index (κ2) is 14.3. The van der Waals surface area contributed by atoms with Crippen molar-refractivity contribution in [3.63, 3.8) is 0 Å². The SMILES string of the molecule is CCO[Si](/C=C/CCl)(OCC)OCC(C)CO[Si]1(/C=C/CCl)OCC(C)CO1. The molecule has 0 aromatic rings. The van der Waals surface area contributed by atoms with Gasteiger partial charge in [-0.25, -0.2) is 0 Å². The number of allylic oxidation sites excluding steroid dienone is 2. The predicted molar refractivity (Wildman–Crippen MR) is 117 cm³/mol. The van der Waals surface area contributed by atoms with E-state index in [2.05, 4.69) is 6.92 Å². The van der Waals surface area contributed by atoms with Gasteiger partial charge in [-0.05, 0) is 25.2 Å². The monoisotopic (exact) mass is 472 g/mol. The molecule has 0 spiro atoms. The second-order valence-corrected chi connectivity index (χ2v) is 12.1. The lowest BCUT2D eigenvalue weighted by Gasteiger charge is -2.34. The van der Waals surface area contributed by atoms with Gasteiger partial charge in [-0.1, -0.05) is 26.0 Å². The van der Waals surface area contributed by atoms with Crippen molar-refractivity contribution in [2.45, 2.75) is 27.7 Å². The zero-order chi connectivity index (χ0) is 20.9. The average molecular weight is 474 g/mol. The van der Waals surface area contributed by atoms with E-state index in [4.69, 9.17) is 49.8 Å². The first-order chi connectivity index (χ1) is 13.4. The lowest BCUT2D eigenvalue weighted by molar-refractivity contribution is -0.00630. The fourth-order valence-electron chi connectivity index (χ4n) is 2.45. The number of hydrogen-bond donors (Lipinski definition) is 0. The van der Waals surface area contributed by atoms with Gasteiger partial charge in [0.15, 0.2) is 0 Å². The molecule has 10 heteroatoms. The Morgan fingerprint density at radius 2 is 1.64 bits per heavy atom. The molecule has 28 heavy (non-hydrogen) atoms. The van der Waals surface area contributed by atoms with Crippen molar-refractivity contribution < 1.29 is 26.6 Å². The minimum absolute atomic E-state index is 0.0949.